The molecule has 0 aromatic heterocycles. The smallest absolute Gasteiger partial charge is 0.410 e. The number of nitriles is 1. The highest BCUT2D eigenvalue weighted by Gasteiger charge is 2.51. The number of carbonyl (C=O) groups excluding carboxylic acids is 2. The van der Waals surface area contributed by atoms with Gasteiger partial charge in [-0.1, -0.05) is 23.7 Å². The molecule has 3 aliphatic rings. The first-order chi connectivity index (χ1) is 14.8. The number of nitrogens with one attached hydrogen (secondary N) is 1. The maximum absolute atomic E-state index is 13.2. The predicted octanol–water partition coefficient (Wildman–Crippen LogP) is 2.81. The molecule has 0 radical (unpaired) electrons. The van der Waals surface area contributed by atoms with Crippen LogP contribution < -0.4 is 5.32 Å². The summed E-state index contributed by atoms with van der Waals surface area (Å²) < 4.78 is 32.0. The molecule has 3 fully saturated rings. The average molecular weight is 466 g/mol. The Labute approximate surface area is 186 Å². The van der Waals surface area contributed by atoms with Crippen LogP contribution in [0, 0.1) is 11.3 Å². The van der Waals surface area contributed by atoms with E-state index in [1.165, 1.54) is 17.0 Å². The molecule has 2 saturated carbocycles. The third kappa shape index (κ3) is 4.37. The lowest BCUT2D eigenvalue weighted by molar-refractivity contribution is -0.125. The van der Waals surface area contributed by atoms with E-state index in [-0.39, 0.29) is 29.0 Å². The van der Waals surface area contributed by atoms with Gasteiger partial charge in [0.05, 0.1) is 21.2 Å². The second-order valence-electron chi connectivity index (χ2n) is 8.47. The molecule has 4 rings (SSSR count). The zero-order chi connectivity index (χ0) is 22.2. The number of rotatable bonds is 5. The first kappa shape index (κ1) is 21.9. The highest BCUT2D eigenvalue weighted by Crippen LogP contribution is 2.36. The largest absolute Gasteiger partial charge is 0.446 e. The Kier molecular flexibility index (Phi) is 5.88. The monoisotopic (exact) mass is 465 g/mol. The molecule has 1 aliphatic heterocycles. The fourth-order valence-electron chi connectivity index (χ4n) is 4.25. The van der Waals surface area contributed by atoms with Gasteiger partial charge in [0, 0.05) is 6.54 Å². The van der Waals surface area contributed by atoms with Crippen LogP contribution in [0.4, 0.5) is 4.79 Å². The van der Waals surface area contributed by atoms with E-state index >= 15 is 0 Å². The fraction of sp³-hybridized carbons (Fsp3) is 0.571. The molecule has 1 aromatic carbocycles. The van der Waals surface area contributed by atoms with Crippen molar-refractivity contribution in [2.75, 3.05) is 6.54 Å². The predicted molar refractivity (Wildman–Crippen MR) is 112 cm³/mol. The molecule has 166 valence electrons. The van der Waals surface area contributed by atoms with Crippen LogP contribution in [0.5, 0.6) is 0 Å². The first-order valence-electron chi connectivity index (χ1n) is 10.4. The van der Waals surface area contributed by atoms with E-state index in [2.05, 4.69) is 11.4 Å². The maximum atomic E-state index is 13.2. The van der Waals surface area contributed by atoms with Gasteiger partial charge >= 0.3 is 6.09 Å². The third-order valence-electron chi connectivity index (χ3n) is 6.28. The number of ether oxygens (including phenoxy) is 1. The van der Waals surface area contributed by atoms with Crippen molar-refractivity contribution < 1.29 is 22.7 Å². The van der Waals surface area contributed by atoms with Crippen molar-refractivity contribution in [3.8, 4) is 6.07 Å². The number of amides is 2. The number of sulfone groups is 1. The average Bonchev–Trinajstić information content (AvgIpc) is 3.14. The van der Waals surface area contributed by atoms with E-state index in [9.17, 15) is 23.3 Å². The van der Waals surface area contributed by atoms with Crippen LogP contribution in [0.2, 0.25) is 5.02 Å². The van der Waals surface area contributed by atoms with Crippen LogP contribution in [-0.2, 0) is 19.4 Å². The Bertz CT molecular complexity index is 1030. The molecule has 0 spiro atoms. The topological polar surface area (TPSA) is 117 Å². The Morgan fingerprint density at radius 2 is 1.90 bits per heavy atom. The fourth-order valence-corrected chi connectivity index (χ4v) is 6.47. The number of halogens is 1. The molecule has 2 amide bonds. The Balaban J connectivity index is 1.58. The Hall–Kier alpha value is -2.31. The zero-order valence-corrected chi connectivity index (χ0v) is 18.5. The summed E-state index contributed by atoms with van der Waals surface area (Å²) in [6.45, 7) is -0.170. The quantitative estimate of drug-likeness (QED) is 0.714. The lowest BCUT2D eigenvalue weighted by atomic mass is 10.2. The van der Waals surface area contributed by atoms with Gasteiger partial charge in [-0.05, 0) is 57.1 Å². The number of nitrogens with zero attached hydrogens (tertiary/aromatic N) is 2. The Morgan fingerprint density at radius 1 is 1.23 bits per heavy atom. The van der Waals surface area contributed by atoms with Crippen LogP contribution in [0.25, 0.3) is 0 Å². The van der Waals surface area contributed by atoms with Gasteiger partial charge in [-0.25, -0.2) is 13.2 Å². The second-order valence-corrected chi connectivity index (χ2v) is 11.1. The molecule has 2 atom stereocenters. The molecule has 0 bridgehead atoms. The summed E-state index contributed by atoms with van der Waals surface area (Å²) in [4.78, 5) is 27.0. The van der Waals surface area contributed by atoms with E-state index in [1.54, 1.807) is 12.1 Å². The normalized spacial score (nSPS) is 25.1. The molecule has 1 aromatic rings. The minimum absolute atomic E-state index is 0.0254. The van der Waals surface area contributed by atoms with Crippen molar-refractivity contribution in [2.24, 2.45) is 0 Å². The van der Waals surface area contributed by atoms with E-state index in [0.717, 1.165) is 25.7 Å². The van der Waals surface area contributed by atoms with Crippen molar-refractivity contribution in [3.05, 3.63) is 29.3 Å². The number of benzene rings is 1. The summed E-state index contributed by atoms with van der Waals surface area (Å²) >= 11 is 6.11. The molecule has 1 saturated heterocycles. The maximum Gasteiger partial charge on any atom is 0.410 e. The third-order valence-corrected chi connectivity index (χ3v) is 8.91. The van der Waals surface area contributed by atoms with Crippen molar-refractivity contribution in [1.82, 2.24) is 10.2 Å². The van der Waals surface area contributed by atoms with Crippen LogP contribution in [0.3, 0.4) is 0 Å². The van der Waals surface area contributed by atoms with Gasteiger partial charge in [0.15, 0.2) is 9.84 Å². The number of likely N-dealkylation sites (tertiary alicyclic amines) is 1. The minimum Gasteiger partial charge on any atom is -0.446 e. The SMILES string of the molecule is N#CC1(NC(=O)[C@@H]2C[C@@H](S(=O)(=O)c3ccccc3Cl)CN2C(=O)OC2CCCC2)CC1. The van der Waals surface area contributed by atoms with E-state index < -0.39 is 38.7 Å². The van der Waals surface area contributed by atoms with Gasteiger partial charge in [0.25, 0.3) is 0 Å². The molecule has 0 unspecified atom stereocenters. The van der Waals surface area contributed by atoms with Gasteiger partial charge in [-0.2, -0.15) is 5.26 Å². The molecule has 1 heterocycles. The summed E-state index contributed by atoms with van der Waals surface area (Å²) in [5, 5.41) is 11.1. The standard InChI is InChI=1S/C21H24ClN3O5S/c22-16-7-3-4-8-18(16)31(28,29)15-11-17(19(26)24-21(13-23)9-10-21)25(12-15)20(27)30-14-5-1-2-6-14/h3-4,7-8,14-15,17H,1-2,5-6,9-12H2,(H,24,26)/t15-,17+/m1/s1. The van der Waals surface area contributed by atoms with Gasteiger partial charge < -0.3 is 10.1 Å². The molecule has 2 aliphatic carbocycles. The van der Waals surface area contributed by atoms with Crippen molar-refractivity contribution in [3.63, 3.8) is 0 Å². The zero-order valence-electron chi connectivity index (χ0n) is 16.9. The van der Waals surface area contributed by atoms with Crippen LogP contribution >= 0.6 is 11.6 Å². The number of hydrogen-bond donors (Lipinski definition) is 1. The molecule has 31 heavy (non-hydrogen) atoms. The highest BCUT2D eigenvalue weighted by atomic mass is 35.5. The lowest BCUT2D eigenvalue weighted by Gasteiger charge is -2.25. The second kappa shape index (κ2) is 8.32. The first-order valence-corrected chi connectivity index (χ1v) is 12.4. The van der Waals surface area contributed by atoms with Crippen LogP contribution in [-0.4, -0.2) is 54.8 Å². The number of hydrogen-bond acceptors (Lipinski definition) is 6. The van der Waals surface area contributed by atoms with E-state index in [0.29, 0.717) is 12.8 Å². The summed E-state index contributed by atoms with van der Waals surface area (Å²) in [5.74, 6) is -0.528. The number of carbonyl (C=O) groups is 2. The highest BCUT2D eigenvalue weighted by molar-refractivity contribution is 7.92. The van der Waals surface area contributed by atoms with Crippen molar-refractivity contribution >= 4 is 33.4 Å². The van der Waals surface area contributed by atoms with Crippen LogP contribution in [0.15, 0.2) is 29.2 Å². The molecular formula is C21H24ClN3O5S. The minimum atomic E-state index is -3.89. The molecule has 1 N–H and O–H groups in total. The van der Waals surface area contributed by atoms with Crippen LogP contribution in [0.1, 0.15) is 44.9 Å². The summed E-state index contributed by atoms with van der Waals surface area (Å²) in [5.41, 5.74) is -0.919. The van der Waals surface area contributed by atoms with Gasteiger partial charge in [-0.3, -0.25) is 9.69 Å². The summed E-state index contributed by atoms with van der Waals surface area (Å²) in [6.07, 6.45) is 3.54. The summed E-state index contributed by atoms with van der Waals surface area (Å²) in [7, 11) is -3.89. The summed E-state index contributed by atoms with van der Waals surface area (Å²) in [6, 6.07) is 7.17. The van der Waals surface area contributed by atoms with E-state index in [1.807, 2.05) is 0 Å². The molecular weight excluding hydrogens is 442 g/mol. The lowest BCUT2D eigenvalue weighted by Crippen LogP contribution is -2.49. The van der Waals surface area contributed by atoms with E-state index in [4.69, 9.17) is 16.3 Å². The molecule has 10 heteroatoms. The van der Waals surface area contributed by atoms with Gasteiger partial charge in [-0.15, -0.1) is 0 Å². The van der Waals surface area contributed by atoms with Gasteiger partial charge in [0.1, 0.15) is 17.7 Å². The van der Waals surface area contributed by atoms with Crippen molar-refractivity contribution in [2.45, 2.75) is 72.8 Å². The van der Waals surface area contributed by atoms with Crippen molar-refractivity contribution in [1.29, 1.82) is 5.26 Å². The Morgan fingerprint density at radius 3 is 2.52 bits per heavy atom. The molecule has 8 nitrogen and oxygen atoms in total. The van der Waals surface area contributed by atoms with Gasteiger partial charge in [0.2, 0.25) is 5.91 Å².